The molecule has 2 N–H and O–H groups in total. The van der Waals surface area contributed by atoms with Gasteiger partial charge >= 0.3 is 5.97 Å². The van der Waals surface area contributed by atoms with Crippen LogP contribution in [0.4, 0.5) is 0 Å². The second kappa shape index (κ2) is 9.02. The molecule has 3 atom stereocenters. The summed E-state index contributed by atoms with van der Waals surface area (Å²) in [5.41, 5.74) is 2.81. The molecular formula is C27H27ClO4. The van der Waals surface area contributed by atoms with Gasteiger partial charge in [0.1, 0.15) is 11.4 Å². The molecule has 166 valence electrons. The molecule has 4 rings (SSSR count). The Morgan fingerprint density at radius 2 is 2.03 bits per heavy atom. The molecule has 0 aromatic heterocycles. The van der Waals surface area contributed by atoms with E-state index >= 15 is 0 Å². The first kappa shape index (κ1) is 22.5. The Morgan fingerprint density at radius 1 is 1.25 bits per heavy atom. The molecule has 2 aromatic rings. The molecule has 0 unspecified atom stereocenters. The highest BCUT2D eigenvalue weighted by Gasteiger charge is 2.50. The van der Waals surface area contributed by atoms with E-state index in [-0.39, 0.29) is 17.3 Å². The number of phenols is 1. The maximum atomic E-state index is 11.6. The van der Waals surface area contributed by atoms with Gasteiger partial charge in [0.05, 0.1) is 12.7 Å². The molecule has 2 aromatic carbocycles. The Bertz CT molecular complexity index is 1090. The average Bonchev–Trinajstić information content (AvgIpc) is 2.79. The van der Waals surface area contributed by atoms with Crippen molar-refractivity contribution in [2.45, 2.75) is 49.5 Å². The Hall–Kier alpha value is -2.74. The molecule has 2 aliphatic rings. The summed E-state index contributed by atoms with van der Waals surface area (Å²) >= 11 is 5.64. The van der Waals surface area contributed by atoms with Crippen LogP contribution >= 0.6 is 11.6 Å². The molecule has 0 amide bonds. The second-order valence-corrected chi connectivity index (χ2v) is 9.10. The average molecular weight is 451 g/mol. The highest BCUT2D eigenvalue weighted by Crippen LogP contribution is 2.55. The first-order valence-electron chi connectivity index (χ1n) is 10.9. The number of aromatic hydroxyl groups is 1. The van der Waals surface area contributed by atoms with Crippen LogP contribution in [-0.4, -0.2) is 28.9 Å². The molecule has 0 saturated heterocycles. The van der Waals surface area contributed by atoms with Gasteiger partial charge in [-0.25, -0.2) is 4.79 Å². The van der Waals surface area contributed by atoms with Crippen LogP contribution in [-0.2, 0) is 16.6 Å². The van der Waals surface area contributed by atoms with Crippen molar-refractivity contribution >= 4 is 23.6 Å². The molecule has 0 aliphatic heterocycles. The molecule has 5 heteroatoms. The number of ether oxygens (including phenoxy) is 1. The number of methoxy groups -OCH3 is 1. The third-order valence-electron chi connectivity index (χ3n) is 7.14. The second-order valence-electron chi connectivity index (χ2n) is 8.91. The fraction of sp³-hybridized carbons (Fsp3) is 0.370. The zero-order valence-corrected chi connectivity index (χ0v) is 18.9. The SMILES string of the molecule is COC(=O)c1ccc(C=CC[C@]23CC[C@@](O)(C#CCl)C[C@@H]2CCc2cc(O)ccc23)cc1. The minimum Gasteiger partial charge on any atom is -0.508 e. The van der Waals surface area contributed by atoms with E-state index in [0.717, 1.165) is 31.2 Å². The van der Waals surface area contributed by atoms with Crippen LogP contribution in [0.25, 0.3) is 6.08 Å². The number of halogens is 1. The summed E-state index contributed by atoms with van der Waals surface area (Å²) in [6.45, 7) is 0. The van der Waals surface area contributed by atoms with Crippen LogP contribution in [0.2, 0.25) is 0 Å². The number of aliphatic hydroxyl groups is 1. The molecule has 1 fully saturated rings. The van der Waals surface area contributed by atoms with Crippen LogP contribution in [0.3, 0.4) is 0 Å². The van der Waals surface area contributed by atoms with Crippen molar-refractivity contribution in [2.24, 2.45) is 5.92 Å². The van der Waals surface area contributed by atoms with Crippen LogP contribution in [0.5, 0.6) is 5.75 Å². The van der Waals surface area contributed by atoms with Crippen LogP contribution < -0.4 is 0 Å². The lowest BCUT2D eigenvalue weighted by Gasteiger charge is -2.52. The van der Waals surface area contributed by atoms with Crippen molar-refractivity contribution < 1.29 is 19.7 Å². The van der Waals surface area contributed by atoms with Gasteiger partial charge < -0.3 is 14.9 Å². The number of rotatable bonds is 4. The highest BCUT2D eigenvalue weighted by molar-refractivity contribution is 6.30. The third-order valence-corrected chi connectivity index (χ3v) is 7.24. The fourth-order valence-corrected chi connectivity index (χ4v) is 5.68. The zero-order valence-electron chi connectivity index (χ0n) is 18.1. The molecule has 1 saturated carbocycles. The van der Waals surface area contributed by atoms with Gasteiger partial charge in [-0.1, -0.05) is 36.3 Å². The molecule has 32 heavy (non-hydrogen) atoms. The third kappa shape index (κ3) is 4.28. The number of phenolic OH excluding ortho intramolecular Hbond substituents is 1. The van der Waals surface area contributed by atoms with Crippen molar-refractivity contribution in [3.05, 3.63) is 70.8 Å². The zero-order chi connectivity index (χ0) is 22.8. The van der Waals surface area contributed by atoms with Crippen molar-refractivity contribution in [3.8, 4) is 17.0 Å². The number of esters is 1. The molecule has 0 heterocycles. The molecule has 0 radical (unpaired) electrons. The van der Waals surface area contributed by atoms with Crippen LogP contribution in [0.1, 0.15) is 59.2 Å². The standard InChI is InChI=1S/C27H27ClO4/c1-32-25(30)20-6-4-19(5-7-20)3-2-12-27-14-13-26(31,15-16-28)18-22(27)9-8-21-17-23(29)10-11-24(21)27/h2-7,10-11,17,22,29,31H,8-9,12-14,18H2,1H3/t22-,26+,27-/m0/s1. The van der Waals surface area contributed by atoms with Gasteiger partial charge in [-0.2, -0.15) is 0 Å². The number of allylic oxidation sites excluding steroid dienone is 1. The van der Waals surface area contributed by atoms with Crippen molar-refractivity contribution in [1.29, 1.82) is 0 Å². The fourth-order valence-electron chi connectivity index (χ4n) is 5.51. The van der Waals surface area contributed by atoms with E-state index in [1.165, 1.54) is 18.2 Å². The molecular weight excluding hydrogens is 424 g/mol. The van der Waals surface area contributed by atoms with Gasteiger partial charge in [-0.05, 0) is 97.0 Å². The Morgan fingerprint density at radius 3 is 2.75 bits per heavy atom. The van der Waals surface area contributed by atoms with Gasteiger partial charge in [0.25, 0.3) is 0 Å². The Kier molecular flexibility index (Phi) is 6.33. The summed E-state index contributed by atoms with van der Waals surface area (Å²) in [6.07, 6.45) is 8.83. The van der Waals surface area contributed by atoms with E-state index in [1.54, 1.807) is 18.2 Å². The van der Waals surface area contributed by atoms with Crippen molar-refractivity contribution in [2.75, 3.05) is 7.11 Å². The summed E-state index contributed by atoms with van der Waals surface area (Å²) in [4.78, 5) is 11.6. The summed E-state index contributed by atoms with van der Waals surface area (Å²) in [5.74, 6) is 3.03. The van der Waals surface area contributed by atoms with Gasteiger partial charge in [0, 0.05) is 10.8 Å². The lowest BCUT2D eigenvalue weighted by atomic mass is 9.53. The van der Waals surface area contributed by atoms with E-state index in [1.807, 2.05) is 24.3 Å². The summed E-state index contributed by atoms with van der Waals surface area (Å²) in [6, 6.07) is 13.0. The van der Waals surface area contributed by atoms with E-state index in [2.05, 4.69) is 23.5 Å². The largest absolute Gasteiger partial charge is 0.508 e. The van der Waals surface area contributed by atoms with Gasteiger partial charge in [-0.15, -0.1) is 0 Å². The number of carbonyl (C=O) groups is 1. The Balaban J connectivity index is 1.63. The topological polar surface area (TPSA) is 66.8 Å². The lowest BCUT2D eigenvalue weighted by molar-refractivity contribution is -0.00710. The number of hydrogen-bond donors (Lipinski definition) is 2. The van der Waals surface area contributed by atoms with Gasteiger partial charge in [-0.3, -0.25) is 0 Å². The first-order valence-corrected chi connectivity index (χ1v) is 11.3. The number of benzene rings is 2. The molecule has 2 aliphatic carbocycles. The predicted molar refractivity (Wildman–Crippen MR) is 125 cm³/mol. The Labute approximate surface area is 193 Å². The highest BCUT2D eigenvalue weighted by atomic mass is 35.5. The van der Waals surface area contributed by atoms with Crippen molar-refractivity contribution in [1.82, 2.24) is 0 Å². The molecule has 0 bridgehead atoms. The van der Waals surface area contributed by atoms with Crippen LogP contribution in [0.15, 0.2) is 48.5 Å². The smallest absolute Gasteiger partial charge is 0.337 e. The maximum absolute atomic E-state index is 11.6. The van der Waals surface area contributed by atoms with Crippen molar-refractivity contribution in [3.63, 3.8) is 0 Å². The molecule has 0 spiro atoms. The number of carbonyl (C=O) groups excluding carboxylic acids is 1. The van der Waals surface area contributed by atoms with Gasteiger partial charge in [0.2, 0.25) is 0 Å². The quantitative estimate of drug-likeness (QED) is 0.496. The normalized spacial score (nSPS) is 26.5. The van der Waals surface area contributed by atoms with E-state index in [4.69, 9.17) is 16.3 Å². The number of hydrogen-bond acceptors (Lipinski definition) is 4. The van der Waals surface area contributed by atoms with E-state index in [9.17, 15) is 15.0 Å². The first-order chi connectivity index (χ1) is 15.4. The number of fused-ring (bicyclic) bond motifs is 3. The summed E-state index contributed by atoms with van der Waals surface area (Å²) in [5, 5.41) is 23.3. The maximum Gasteiger partial charge on any atom is 0.337 e. The van der Waals surface area contributed by atoms with E-state index in [0.29, 0.717) is 24.2 Å². The predicted octanol–water partition coefficient (Wildman–Crippen LogP) is 5.20. The lowest BCUT2D eigenvalue weighted by Crippen LogP contribution is -2.49. The minimum atomic E-state index is -1.04. The van der Waals surface area contributed by atoms with Crippen LogP contribution in [0, 0.1) is 17.2 Å². The monoisotopic (exact) mass is 450 g/mol. The summed E-state index contributed by atoms with van der Waals surface area (Å²) < 4.78 is 4.76. The van der Waals surface area contributed by atoms with E-state index < -0.39 is 5.60 Å². The molecule has 4 nitrogen and oxygen atoms in total. The summed E-state index contributed by atoms with van der Waals surface area (Å²) in [7, 11) is 1.37. The minimum absolute atomic E-state index is 0.121. The number of aryl methyl sites for hydroxylation is 1. The van der Waals surface area contributed by atoms with Gasteiger partial charge in [0.15, 0.2) is 0 Å².